The van der Waals surface area contributed by atoms with Gasteiger partial charge in [0, 0.05) is 22.9 Å². The summed E-state index contributed by atoms with van der Waals surface area (Å²) in [5, 5.41) is 13.8. The zero-order valence-electron chi connectivity index (χ0n) is 14.9. The molecule has 0 bridgehead atoms. The lowest BCUT2D eigenvalue weighted by Crippen LogP contribution is -2.22. The van der Waals surface area contributed by atoms with Crippen molar-refractivity contribution in [3.05, 3.63) is 89.0 Å². The van der Waals surface area contributed by atoms with E-state index in [9.17, 15) is 9.90 Å². The second-order valence-electron chi connectivity index (χ2n) is 6.31. The van der Waals surface area contributed by atoms with E-state index in [0.717, 1.165) is 16.7 Å². The van der Waals surface area contributed by atoms with Gasteiger partial charge in [-0.1, -0.05) is 30.3 Å². The Labute approximate surface area is 160 Å². The Hall–Kier alpha value is -4.00. The van der Waals surface area contributed by atoms with Crippen LogP contribution < -0.4 is 11.3 Å². The van der Waals surface area contributed by atoms with Crippen molar-refractivity contribution in [2.45, 2.75) is 6.54 Å². The van der Waals surface area contributed by atoms with Crippen LogP contribution in [-0.4, -0.2) is 24.9 Å². The molecule has 2 heterocycles. The van der Waals surface area contributed by atoms with Crippen LogP contribution in [0.1, 0.15) is 5.56 Å². The van der Waals surface area contributed by atoms with E-state index in [1.54, 1.807) is 12.1 Å². The highest BCUT2D eigenvalue weighted by atomic mass is 16.3. The van der Waals surface area contributed by atoms with Crippen molar-refractivity contribution in [1.29, 1.82) is 0 Å². The van der Waals surface area contributed by atoms with Gasteiger partial charge in [0.2, 0.25) is 0 Å². The molecule has 0 aliphatic carbocycles. The first kappa shape index (κ1) is 17.4. The summed E-state index contributed by atoms with van der Waals surface area (Å²) in [6.45, 7) is 0.306. The molecule has 0 spiro atoms. The van der Waals surface area contributed by atoms with Crippen molar-refractivity contribution >= 4 is 5.69 Å². The van der Waals surface area contributed by atoms with Crippen molar-refractivity contribution in [1.82, 2.24) is 19.7 Å². The Morgan fingerprint density at radius 1 is 0.929 bits per heavy atom. The Morgan fingerprint density at radius 2 is 1.68 bits per heavy atom. The minimum atomic E-state index is -0.195. The number of nitrogens with two attached hydrogens (primary N) is 1. The van der Waals surface area contributed by atoms with Crippen molar-refractivity contribution in [3.63, 3.8) is 0 Å². The summed E-state index contributed by atoms with van der Waals surface area (Å²) in [5.41, 5.74) is 9.48. The zero-order valence-corrected chi connectivity index (χ0v) is 14.9. The average Bonchev–Trinajstić information content (AvgIpc) is 2.70. The summed E-state index contributed by atoms with van der Waals surface area (Å²) in [6, 6.07) is 18.1. The van der Waals surface area contributed by atoms with Crippen LogP contribution >= 0.6 is 0 Å². The Morgan fingerprint density at radius 3 is 2.46 bits per heavy atom. The first-order valence-electron chi connectivity index (χ1n) is 8.63. The van der Waals surface area contributed by atoms with E-state index in [1.165, 1.54) is 23.1 Å². The molecule has 3 N–H and O–H groups in total. The third kappa shape index (κ3) is 3.73. The van der Waals surface area contributed by atoms with Gasteiger partial charge < -0.3 is 10.8 Å². The SMILES string of the molecule is Nc1cccc(-c2ccc(=O)n(Cc3cccc(-c4ncc(O)cn4)c3)n2)c1. The van der Waals surface area contributed by atoms with E-state index in [4.69, 9.17) is 5.73 Å². The molecule has 28 heavy (non-hydrogen) atoms. The van der Waals surface area contributed by atoms with E-state index < -0.39 is 0 Å². The van der Waals surface area contributed by atoms with Crippen LogP contribution in [0.25, 0.3) is 22.6 Å². The van der Waals surface area contributed by atoms with Crippen molar-refractivity contribution in [2.24, 2.45) is 0 Å². The van der Waals surface area contributed by atoms with Gasteiger partial charge in [-0.05, 0) is 29.8 Å². The second-order valence-corrected chi connectivity index (χ2v) is 6.31. The van der Waals surface area contributed by atoms with Gasteiger partial charge in [0.15, 0.2) is 11.6 Å². The van der Waals surface area contributed by atoms with Gasteiger partial charge in [-0.3, -0.25) is 4.79 Å². The molecule has 0 fully saturated rings. The fraction of sp³-hybridized carbons (Fsp3) is 0.0476. The van der Waals surface area contributed by atoms with Crippen LogP contribution in [0.15, 0.2) is 77.9 Å². The van der Waals surface area contributed by atoms with Gasteiger partial charge in [-0.2, -0.15) is 5.10 Å². The summed E-state index contributed by atoms with van der Waals surface area (Å²) >= 11 is 0. The largest absolute Gasteiger partial charge is 0.505 e. The fourth-order valence-electron chi connectivity index (χ4n) is 2.87. The number of aromatic hydroxyl groups is 1. The van der Waals surface area contributed by atoms with Crippen molar-refractivity contribution in [3.8, 4) is 28.4 Å². The molecule has 4 rings (SSSR count). The third-order valence-electron chi connectivity index (χ3n) is 4.20. The lowest BCUT2D eigenvalue weighted by atomic mass is 10.1. The predicted octanol–water partition coefficient (Wildman–Crippen LogP) is 2.70. The van der Waals surface area contributed by atoms with Gasteiger partial charge >= 0.3 is 0 Å². The molecule has 0 amide bonds. The lowest BCUT2D eigenvalue weighted by Gasteiger charge is -2.09. The first-order valence-corrected chi connectivity index (χ1v) is 8.63. The number of aromatic nitrogens is 4. The smallest absolute Gasteiger partial charge is 0.267 e. The first-order chi connectivity index (χ1) is 13.6. The molecule has 0 unspecified atom stereocenters. The highest BCUT2D eigenvalue weighted by Crippen LogP contribution is 2.20. The lowest BCUT2D eigenvalue weighted by molar-refractivity contribution is 0.470. The molecule has 2 aromatic heterocycles. The van der Waals surface area contributed by atoms with E-state index in [-0.39, 0.29) is 11.3 Å². The molecule has 138 valence electrons. The minimum Gasteiger partial charge on any atom is -0.505 e. The van der Waals surface area contributed by atoms with Crippen LogP contribution in [0, 0.1) is 0 Å². The predicted molar refractivity (Wildman–Crippen MR) is 107 cm³/mol. The molecule has 4 aromatic rings. The highest BCUT2D eigenvalue weighted by Gasteiger charge is 2.07. The zero-order chi connectivity index (χ0) is 19.5. The minimum absolute atomic E-state index is 0.00835. The maximum Gasteiger partial charge on any atom is 0.267 e. The topological polar surface area (TPSA) is 107 Å². The Balaban J connectivity index is 1.66. The number of hydrogen-bond acceptors (Lipinski definition) is 6. The maximum atomic E-state index is 12.3. The highest BCUT2D eigenvalue weighted by molar-refractivity contribution is 5.63. The Bertz CT molecular complexity index is 1190. The normalized spacial score (nSPS) is 10.7. The molecule has 0 radical (unpaired) electrons. The molecular weight excluding hydrogens is 354 g/mol. The molecule has 7 nitrogen and oxygen atoms in total. The monoisotopic (exact) mass is 371 g/mol. The van der Waals surface area contributed by atoms with Crippen LogP contribution in [0.5, 0.6) is 5.75 Å². The van der Waals surface area contributed by atoms with Crippen LogP contribution in [0.3, 0.4) is 0 Å². The third-order valence-corrected chi connectivity index (χ3v) is 4.20. The summed E-state index contributed by atoms with van der Waals surface area (Å²) in [5.74, 6) is 0.502. The average molecular weight is 371 g/mol. The van der Waals surface area contributed by atoms with Gasteiger partial charge in [-0.25, -0.2) is 14.6 Å². The summed E-state index contributed by atoms with van der Waals surface area (Å²) in [4.78, 5) is 20.5. The van der Waals surface area contributed by atoms with E-state index in [2.05, 4.69) is 15.1 Å². The molecule has 0 aliphatic rings. The summed E-state index contributed by atoms with van der Waals surface area (Å²) < 4.78 is 1.41. The van der Waals surface area contributed by atoms with Gasteiger partial charge in [0.1, 0.15) is 0 Å². The van der Waals surface area contributed by atoms with Gasteiger partial charge in [0.25, 0.3) is 5.56 Å². The molecule has 7 heteroatoms. The molecule has 0 atom stereocenters. The number of rotatable bonds is 4. The van der Waals surface area contributed by atoms with Gasteiger partial charge in [0.05, 0.1) is 24.6 Å². The van der Waals surface area contributed by atoms with E-state index in [1.807, 2.05) is 42.5 Å². The van der Waals surface area contributed by atoms with Crippen LogP contribution in [-0.2, 0) is 6.54 Å². The molecular formula is C21H17N5O2. The molecule has 0 saturated carbocycles. The number of hydrogen-bond donors (Lipinski definition) is 2. The number of nitrogen functional groups attached to an aromatic ring is 1. The fourth-order valence-corrected chi connectivity index (χ4v) is 2.87. The summed E-state index contributed by atoms with van der Waals surface area (Å²) in [6.07, 6.45) is 2.69. The van der Waals surface area contributed by atoms with Gasteiger partial charge in [-0.15, -0.1) is 0 Å². The molecule has 0 saturated heterocycles. The number of benzene rings is 2. The Kier molecular flexibility index (Phi) is 4.55. The van der Waals surface area contributed by atoms with E-state index in [0.29, 0.717) is 23.8 Å². The molecule has 0 aliphatic heterocycles. The van der Waals surface area contributed by atoms with Crippen molar-refractivity contribution < 1.29 is 5.11 Å². The second kappa shape index (κ2) is 7.32. The quantitative estimate of drug-likeness (QED) is 0.534. The number of nitrogens with zero attached hydrogens (tertiary/aromatic N) is 4. The van der Waals surface area contributed by atoms with Crippen molar-refractivity contribution in [2.75, 3.05) is 5.73 Å². The van der Waals surface area contributed by atoms with E-state index >= 15 is 0 Å². The van der Waals surface area contributed by atoms with Crippen LogP contribution in [0.4, 0.5) is 5.69 Å². The number of anilines is 1. The maximum absolute atomic E-state index is 12.3. The standard InChI is InChI=1S/C21H17N5O2/c22-17-6-2-4-15(10-17)19-7-8-20(28)26(25-19)13-14-3-1-5-16(9-14)21-23-11-18(27)12-24-21/h1-12,27H,13,22H2. The molecule has 2 aromatic carbocycles. The van der Waals surface area contributed by atoms with Crippen LogP contribution in [0.2, 0.25) is 0 Å². The summed E-state index contributed by atoms with van der Waals surface area (Å²) in [7, 11) is 0.